The fourth-order valence-electron chi connectivity index (χ4n) is 1.65. The number of nitrogens with one attached hydrogen (secondary N) is 1. The summed E-state index contributed by atoms with van der Waals surface area (Å²) >= 11 is 5.06. The summed E-state index contributed by atoms with van der Waals surface area (Å²) in [5, 5.41) is 7.55. The third-order valence-corrected chi connectivity index (χ3v) is 2.97. The van der Waals surface area contributed by atoms with Crippen LogP contribution < -0.4 is 4.74 Å². The first-order chi connectivity index (χ1) is 7.65. The van der Waals surface area contributed by atoms with E-state index in [1.54, 1.807) is 19.1 Å². The van der Waals surface area contributed by atoms with E-state index in [0.717, 1.165) is 11.3 Å². The summed E-state index contributed by atoms with van der Waals surface area (Å²) in [6.07, 6.45) is -0.365. The molecule has 2 rings (SSSR count). The first kappa shape index (κ1) is 10.9. The third-order valence-electron chi connectivity index (χ3n) is 2.50. The summed E-state index contributed by atoms with van der Waals surface area (Å²) in [5.74, 6) is 0.769. The summed E-state index contributed by atoms with van der Waals surface area (Å²) in [4.78, 5) is 2.16. The molecule has 0 bridgehead atoms. The summed E-state index contributed by atoms with van der Waals surface area (Å²) in [5.41, 5.74) is 0.872. The molecule has 1 saturated heterocycles. The zero-order chi connectivity index (χ0) is 11.7. The summed E-state index contributed by atoms with van der Waals surface area (Å²) in [7, 11) is 3.42. The van der Waals surface area contributed by atoms with Crippen LogP contribution in [0.2, 0.25) is 0 Å². The summed E-state index contributed by atoms with van der Waals surface area (Å²) in [6.45, 7) is 0. The van der Waals surface area contributed by atoms with Gasteiger partial charge in [0.1, 0.15) is 5.75 Å². The van der Waals surface area contributed by atoms with Crippen molar-refractivity contribution in [3.63, 3.8) is 0 Å². The van der Waals surface area contributed by atoms with Crippen molar-refractivity contribution in [1.82, 2.24) is 4.90 Å². The van der Waals surface area contributed by atoms with Gasteiger partial charge in [0.25, 0.3) is 0 Å². The molecule has 84 valence electrons. The standard InChI is InChI=1S/C11H12N2O2S/c1-13-10(15-9(12)11(13)16)7-5-3-4-6-8(7)14-2/h3-6,10,12H,1-2H3. The normalized spacial score (nSPS) is 19.9. The second-order valence-corrected chi connectivity index (χ2v) is 3.84. The molecule has 1 atom stereocenters. The Morgan fingerprint density at radius 3 is 2.69 bits per heavy atom. The number of rotatable bonds is 2. The zero-order valence-corrected chi connectivity index (χ0v) is 9.88. The highest BCUT2D eigenvalue weighted by molar-refractivity contribution is 7.82. The molecule has 1 aromatic rings. The summed E-state index contributed by atoms with van der Waals surface area (Å²) < 4.78 is 10.7. The van der Waals surface area contributed by atoms with E-state index in [0.29, 0.717) is 4.99 Å². The molecular weight excluding hydrogens is 224 g/mol. The van der Waals surface area contributed by atoms with Crippen molar-refractivity contribution in [2.24, 2.45) is 0 Å². The minimum Gasteiger partial charge on any atom is -0.496 e. The second kappa shape index (κ2) is 4.09. The maximum absolute atomic E-state index is 7.55. The van der Waals surface area contributed by atoms with Crippen LogP contribution in [-0.4, -0.2) is 29.9 Å². The van der Waals surface area contributed by atoms with Crippen LogP contribution in [0.5, 0.6) is 5.75 Å². The van der Waals surface area contributed by atoms with Gasteiger partial charge in [-0.15, -0.1) is 0 Å². The van der Waals surface area contributed by atoms with Crippen molar-refractivity contribution in [1.29, 1.82) is 5.41 Å². The molecule has 0 amide bonds. The van der Waals surface area contributed by atoms with Gasteiger partial charge in [0.2, 0.25) is 12.1 Å². The lowest BCUT2D eigenvalue weighted by Crippen LogP contribution is -2.23. The smallest absolute Gasteiger partial charge is 0.244 e. The molecule has 1 fully saturated rings. The van der Waals surface area contributed by atoms with Crippen LogP contribution in [0, 0.1) is 5.41 Å². The molecule has 1 aliphatic rings. The molecular formula is C11H12N2O2S. The van der Waals surface area contributed by atoms with Gasteiger partial charge in [0.15, 0.2) is 4.99 Å². The van der Waals surface area contributed by atoms with E-state index in [1.807, 2.05) is 24.3 Å². The number of ether oxygens (including phenoxy) is 2. The number of benzene rings is 1. The Morgan fingerprint density at radius 1 is 1.44 bits per heavy atom. The average molecular weight is 236 g/mol. The van der Waals surface area contributed by atoms with Gasteiger partial charge >= 0.3 is 0 Å². The molecule has 1 aromatic carbocycles. The predicted molar refractivity (Wildman–Crippen MR) is 64.9 cm³/mol. The molecule has 0 aliphatic carbocycles. The van der Waals surface area contributed by atoms with Crippen LogP contribution in [0.3, 0.4) is 0 Å². The van der Waals surface area contributed by atoms with Crippen molar-refractivity contribution in [3.8, 4) is 5.75 Å². The van der Waals surface area contributed by atoms with Gasteiger partial charge in [-0.3, -0.25) is 5.41 Å². The van der Waals surface area contributed by atoms with Crippen molar-refractivity contribution in [2.75, 3.05) is 14.2 Å². The van der Waals surface area contributed by atoms with Crippen molar-refractivity contribution < 1.29 is 9.47 Å². The molecule has 1 heterocycles. The topological polar surface area (TPSA) is 45.6 Å². The first-order valence-corrected chi connectivity index (χ1v) is 5.21. The Bertz CT molecular complexity index is 447. The van der Waals surface area contributed by atoms with Gasteiger partial charge in [-0.1, -0.05) is 24.4 Å². The lowest BCUT2D eigenvalue weighted by Gasteiger charge is -2.20. The SMILES string of the molecule is COc1ccccc1C1OC(=N)C(=S)N1C. The van der Waals surface area contributed by atoms with E-state index < -0.39 is 0 Å². The third kappa shape index (κ3) is 1.63. The van der Waals surface area contributed by atoms with E-state index in [9.17, 15) is 0 Å². The van der Waals surface area contributed by atoms with Crippen LogP contribution >= 0.6 is 12.2 Å². The Labute approximate surface area is 99.3 Å². The number of hydrogen-bond acceptors (Lipinski definition) is 4. The number of likely N-dealkylation sites (N-methyl/N-ethyl adjacent to an activating group) is 1. The molecule has 1 unspecified atom stereocenters. The Balaban J connectivity index is 2.38. The quantitative estimate of drug-likeness (QED) is 0.797. The number of methoxy groups -OCH3 is 1. The Morgan fingerprint density at radius 2 is 2.12 bits per heavy atom. The fraction of sp³-hybridized carbons (Fsp3) is 0.273. The minimum atomic E-state index is -0.365. The van der Waals surface area contributed by atoms with Gasteiger partial charge in [0.05, 0.1) is 12.7 Å². The number of thiocarbonyl (C=S) groups is 1. The number of para-hydroxylation sites is 1. The number of nitrogens with zero attached hydrogens (tertiary/aromatic N) is 1. The fourth-order valence-corrected chi connectivity index (χ4v) is 1.79. The molecule has 0 radical (unpaired) electrons. The van der Waals surface area contributed by atoms with Crippen molar-refractivity contribution >= 4 is 23.1 Å². The van der Waals surface area contributed by atoms with Crippen LogP contribution in [0.25, 0.3) is 0 Å². The maximum Gasteiger partial charge on any atom is 0.244 e. The van der Waals surface area contributed by atoms with Gasteiger partial charge < -0.3 is 14.4 Å². The van der Waals surface area contributed by atoms with Gasteiger partial charge in [0, 0.05) is 7.05 Å². The van der Waals surface area contributed by atoms with Crippen LogP contribution in [0.1, 0.15) is 11.8 Å². The molecule has 5 heteroatoms. The zero-order valence-electron chi connectivity index (χ0n) is 9.06. The monoisotopic (exact) mass is 236 g/mol. The number of hydrogen-bond donors (Lipinski definition) is 1. The minimum absolute atomic E-state index is 0.0356. The van der Waals surface area contributed by atoms with Crippen molar-refractivity contribution in [2.45, 2.75) is 6.23 Å². The van der Waals surface area contributed by atoms with E-state index in [-0.39, 0.29) is 12.1 Å². The molecule has 16 heavy (non-hydrogen) atoms. The highest BCUT2D eigenvalue weighted by Gasteiger charge is 2.34. The van der Waals surface area contributed by atoms with Gasteiger partial charge in [-0.2, -0.15) is 0 Å². The van der Waals surface area contributed by atoms with E-state index >= 15 is 0 Å². The largest absolute Gasteiger partial charge is 0.496 e. The van der Waals surface area contributed by atoms with Crippen LogP contribution in [0.15, 0.2) is 24.3 Å². The second-order valence-electron chi connectivity index (χ2n) is 3.46. The van der Waals surface area contributed by atoms with E-state index in [1.165, 1.54) is 0 Å². The van der Waals surface area contributed by atoms with Gasteiger partial charge in [-0.05, 0) is 12.1 Å². The highest BCUT2D eigenvalue weighted by Crippen LogP contribution is 2.33. The van der Waals surface area contributed by atoms with Crippen LogP contribution in [0.4, 0.5) is 0 Å². The average Bonchev–Trinajstić information content (AvgIpc) is 2.57. The lowest BCUT2D eigenvalue weighted by molar-refractivity contribution is 0.113. The molecule has 0 spiro atoms. The van der Waals surface area contributed by atoms with Crippen molar-refractivity contribution in [3.05, 3.63) is 29.8 Å². The Kier molecular flexibility index (Phi) is 2.78. The highest BCUT2D eigenvalue weighted by atomic mass is 32.1. The van der Waals surface area contributed by atoms with E-state index in [2.05, 4.69) is 0 Å². The summed E-state index contributed by atoms with van der Waals surface area (Å²) in [6, 6.07) is 7.56. The van der Waals surface area contributed by atoms with Gasteiger partial charge in [-0.25, -0.2) is 0 Å². The molecule has 4 nitrogen and oxygen atoms in total. The molecule has 0 aromatic heterocycles. The molecule has 1 N–H and O–H groups in total. The van der Waals surface area contributed by atoms with E-state index in [4.69, 9.17) is 27.1 Å². The predicted octanol–water partition coefficient (Wildman–Crippen LogP) is 1.96. The maximum atomic E-state index is 7.55. The molecule has 1 aliphatic heterocycles. The Hall–Kier alpha value is -1.62. The lowest BCUT2D eigenvalue weighted by atomic mass is 10.1. The molecule has 0 saturated carbocycles. The van der Waals surface area contributed by atoms with Crippen LogP contribution in [-0.2, 0) is 4.74 Å². The first-order valence-electron chi connectivity index (χ1n) is 4.80.